The average Bonchev–Trinajstić information content (AvgIpc) is 2.95. The van der Waals surface area contributed by atoms with Crippen LogP contribution in [0.15, 0.2) is 51.2 Å². The van der Waals surface area contributed by atoms with E-state index in [0.29, 0.717) is 46.4 Å². The molecule has 3 rings (SSSR count). The third-order valence-corrected chi connectivity index (χ3v) is 6.13. The Balaban J connectivity index is 1.73. The van der Waals surface area contributed by atoms with Gasteiger partial charge in [-0.25, -0.2) is 9.59 Å². The number of aliphatic hydroxyl groups is 1. The topological polar surface area (TPSA) is 149 Å². The molecule has 2 amide bonds. The van der Waals surface area contributed by atoms with Gasteiger partial charge in [-0.1, -0.05) is 27.9 Å². The van der Waals surface area contributed by atoms with Crippen molar-refractivity contribution < 1.29 is 38.4 Å². The Labute approximate surface area is 246 Å². The van der Waals surface area contributed by atoms with Gasteiger partial charge in [0, 0.05) is 15.7 Å². The number of carbonyl (C=O) groups is 2. The number of carbonyl (C=O) groups excluding carboxylic acids is 2. The predicted molar refractivity (Wildman–Crippen MR) is 154 cm³/mol. The summed E-state index contributed by atoms with van der Waals surface area (Å²) in [4.78, 5) is 24.5. The van der Waals surface area contributed by atoms with Crippen molar-refractivity contribution >= 4 is 34.1 Å². The fourth-order valence-electron chi connectivity index (χ4n) is 3.92. The first kappa shape index (κ1) is 31.1. The summed E-state index contributed by atoms with van der Waals surface area (Å²) in [6.07, 6.45) is 5.57. The summed E-state index contributed by atoms with van der Waals surface area (Å²) in [6.45, 7) is 3.59. The fourth-order valence-corrected chi connectivity index (χ4v) is 4.37. The summed E-state index contributed by atoms with van der Waals surface area (Å²) >= 11 is 3.41. The number of urea groups is 1. The van der Waals surface area contributed by atoms with Gasteiger partial charge < -0.3 is 39.4 Å². The van der Waals surface area contributed by atoms with E-state index < -0.39 is 24.3 Å². The van der Waals surface area contributed by atoms with Gasteiger partial charge in [0.2, 0.25) is 0 Å². The number of hydrogen-bond acceptors (Lipinski definition) is 10. The lowest BCUT2D eigenvalue weighted by Crippen LogP contribution is -2.45. The Bertz CT molecular complexity index is 1370. The van der Waals surface area contributed by atoms with Crippen molar-refractivity contribution in [1.29, 1.82) is 0 Å². The van der Waals surface area contributed by atoms with Crippen LogP contribution in [0, 0.1) is 12.3 Å². The highest BCUT2D eigenvalue weighted by Gasteiger charge is 2.32. The molecule has 12 nitrogen and oxygen atoms in total. The molecule has 2 atom stereocenters. The van der Waals surface area contributed by atoms with Crippen LogP contribution in [0.1, 0.15) is 31.0 Å². The Kier molecular flexibility index (Phi) is 11.3. The zero-order valence-corrected chi connectivity index (χ0v) is 24.5. The molecule has 0 saturated carbocycles. The number of rotatable bonds is 13. The Hall–Kier alpha value is -4.41. The number of methoxy groups -OCH3 is 2. The SMILES string of the molecule is C#CCOc1c(/C=N/N[C@H](O)COc2ccc([C@@H]3NC(=O)NC(C)=C3C(=O)OC)cc2OCC)cc(Br)cc1OC. The maximum atomic E-state index is 12.4. The first-order chi connectivity index (χ1) is 19.7. The molecule has 0 radical (unpaired) electrons. The van der Waals surface area contributed by atoms with E-state index in [0.717, 1.165) is 4.47 Å². The normalized spacial score (nSPS) is 15.3. The minimum Gasteiger partial charge on any atom is -0.493 e. The first-order valence-corrected chi connectivity index (χ1v) is 13.2. The number of amides is 2. The number of nitrogens with one attached hydrogen (secondary N) is 3. The molecular weight excluding hydrogens is 600 g/mol. The van der Waals surface area contributed by atoms with Gasteiger partial charge in [-0.2, -0.15) is 5.10 Å². The molecule has 218 valence electrons. The van der Waals surface area contributed by atoms with Crippen LogP contribution < -0.4 is 35.0 Å². The molecule has 0 fully saturated rings. The number of nitrogens with zero attached hydrogens (tertiary/aromatic N) is 1. The van der Waals surface area contributed by atoms with Crippen LogP contribution in [0.5, 0.6) is 23.0 Å². The van der Waals surface area contributed by atoms with E-state index in [4.69, 9.17) is 30.1 Å². The van der Waals surface area contributed by atoms with Crippen LogP contribution in [-0.2, 0) is 9.53 Å². The minimum absolute atomic E-state index is 0.0353. The van der Waals surface area contributed by atoms with Crippen molar-refractivity contribution in [2.24, 2.45) is 5.10 Å². The largest absolute Gasteiger partial charge is 0.493 e. The van der Waals surface area contributed by atoms with Crippen molar-refractivity contribution in [3.8, 4) is 35.3 Å². The molecule has 1 aliphatic rings. The second-order valence-corrected chi connectivity index (χ2v) is 9.35. The maximum Gasteiger partial charge on any atom is 0.337 e. The monoisotopic (exact) mass is 630 g/mol. The molecule has 4 N–H and O–H groups in total. The summed E-state index contributed by atoms with van der Waals surface area (Å²) in [7, 11) is 2.77. The van der Waals surface area contributed by atoms with Gasteiger partial charge >= 0.3 is 12.0 Å². The third kappa shape index (κ3) is 8.06. The molecule has 41 heavy (non-hydrogen) atoms. The van der Waals surface area contributed by atoms with E-state index in [-0.39, 0.29) is 18.8 Å². The highest BCUT2D eigenvalue weighted by Crippen LogP contribution is 2.35. The molecule has 0 saturated heterocycles. The number of terminal acetylenes is 1. The second kappa shape index (κ2) is 14.8. The Morgan fingerprint density at radius 3 is 2.68 bits per heavy atom. The molecular formula is C28H31BrN4O8. The van der Waals surface area contributed by atoms with Gasteiger partial charge in [0.25, 0.3) is 0 Å². The van der Waals surface area contributed by atoms with Crippen molar-refractivity contribution in [1.82, 2.24) is 16.1 Å². The molecule has 0 aromatic heterocycles. The number of ether oxygens (including phenoxy) is 5. The minimum atomic E-state index is -1.19. The van der Waals surface area contributed by atoms with E-state index in [1.807, 2.05) is 0 Å². The summed E-state index contributed by atoms with van der Waals surface area (Å²) in [5.41, 5.74) is 4.36. The lowest BCUT2D eigenvalue weighted by atomic mass is 9.95. The highest BCUT2D eigenvalue weighted by molar-refractivity contribution is 9.10. The highest BCUT2D eigenvalue weighted by atomic mass is 79.9. The predicted octanol–water partition coefficient (Wildman–Crippen LogP) is 2.99. The van der Waals surface area contributed by atoms with E-state index in [1.165, 1.54) is 20.4 Å². The van der Waals surface area contributed by atoms with Crippen LogP contribution in [0.4, 0.5) is 4.79 Å². The number of allylic oxidation sites excluding steroid dienone is 1. The summed E-state index contributed by atoms with van der Waals surface area (Å²) in [6, 6.07) is 7.22. The number of hydrogen-bond donors (Lipinski definition) is 4. The lowest BCUT2D eigenvalue weighted by molar-refractivity contribution is -0.136. The number of benzene rings is 2. The van der Waals surface area contributed by atoms with E-state index in [9.17, 15) is 14.7 Å². The van der Waals surface area contributed by atoms with E-state index in [2.05, 4.69) is 43.0 Å². The smallest absolute Gasteiger partial charge is 0.337 e. The maximum absolute atomic E-state index is 12.4. The summed E-state index contributed by atoms with van der Waals surface area (Å²) in [5.74, 6) is 3.37. The summed E-state index contributed by atoms with van der Waals surface area (Å²) < 4.78 is 28.1. The van der Waals surface area contributed by atoms with Crippen LogP contribution in [0.3, 0.4) is 0 Å². The van der Waals surface area contributed by atoms with Gasteiger partial charge in [-0.3, -0.25) is 5.43 Å². The Morgan fingerprint density at radius 1 is 1.22 bits per heavy atom. The van der Waals surface area contributed by atoms with Crippen molar-refractivity contribution in [3.63, 3.8) is 0 Å². The molecule has 0 aliphatic carbocycles. The molecule has 1 heterocycles. The van der Waals surface area contributed by atoms with Crippen molar-refractivity contribution in [2.75, 3.05) is 34.0 Å². The van der Waals surface area contributed by atoms with E-state index in [1.54, 1.807) is 44.2 Å². The zero-order chi connectivity index (χ0) is 29.9. The van der Waals surface area contributed by atoms with Gasteiger partial charge in [-0.05, 0) is 43.7 Å². The molecule has 2 aromatic carbocycles. The summed E-state index contributed by atoms with van der Waals surface area (Å²) in [5, 5.41) is 19.8. The number of aliphatic hydroxyl groups excluding tert-OH is 1. The third-order valence-electron chi connectivity index (χ3n) is 5.67. The molecule has 1 aliphatic heterocycles. The molecule has 2 aromatic rings. The first-order valence-electron chi connectivity index (χ1n) is 12.4. The Morgan fingerprint density at radius 2 is 2.00 bits per heavy atom. The van der Waals surface area contributed by atoms with Gasteiger partial charge in [0.15, 0.2) is 29.2 Å². The number of esters is 1. The standard InChI is InChI=1S/C28H31BrN4O8/c1-6-10-40-26-18(11-19(29)13-22(26)37-4)14-30-33-23(34)15-41-20-9-8-17(12-21(20)39-7-2)25-24(27(35)38-5)16(3)31-28(36)32-25/h1,8-9,11-14,23,25,33-34H,7,10,15H2,2-5H3,(H2,31,32,36)/b30-14+/t23-,25+/m1/s1. The van der Waals surface area contributed by atoms with Crippen molar-refractivity contribution in [2.45, 2.75) is 26.1 Å². The number of halogens is 1. The van der Waals surface area contributed by atoms with Crippen LogP contribution in [0.25, 0.3) is 0 Å². The van der Waals surface area contributed by atoms with E-state index >= 15 is 0 Å². The van der Waals surface area contributed by atoms with Crippen molar-refractivity contribution in [3.05, 3.63) is 57.2 Å². The second-order valence-electron chi connectivity index (χ2n) is 8.43. The molecule has 0 bridgehead atoms. The quantitative estimate of drug-likeness (QED) is 0.0861. The van der Waals surface area contributed by atoms with Gasteiger partial charge in [0.1, 0.15) is 13.2 Å². The van der Waals surface area contributed by atoms with Gasteiger partial charge in [-0.15, -0.1) is 6.42 Å². The molecule has 13 heteroatoms. The van der Waals surface area contributed by atoms with Gasteiger partial charge in [0.05, 0.1) is 38.7 Å². The molecule has 0 unspecified atom stereocenters. The fraction of sp³-hybridized carbons (Fsp3) is 0.321. The lowest BCUT2D eigenvalue weighted by Gasteiger charge is -2.28. The molecule has 0 spiro atoms. The van der Waals surface area contributed by atoms with Crippen LogP contribution >= 0.6 is 15.9 Å². The van der Waals surface area contributed by atoms with Crippen LogP contribution in [-0.4, -0.2) is 63.6 Å². The average molecular weight is 631 g/mol. The van der Waals surface area contributed by atoms with Crippen LogP contribution in [0.2, 0.25) is 0 Å². The number of hydrazone groups is 1. The zero-order valence-electron chi connectivity index (χ0n) is 22.9.